The molecule has 1 heterocycles. The van der Waals surface area contributed by atoms with Gasteiger partial charge in [0.2, 0.25) is 0 Å². The molecular weight excluding hydrogens is 344 g/mol. The highest BCUT2D eigenvalue weighted by molar-refractivity contribution is 14.1. The van der Waals surface area contributed by atoms with Gasteiger partial charge in [-0.1, -0.05) is 0 Å². The van der Waals surface area contributed by atoms with Gasteiger partial charge in [-0.2, -0.15) is 5.26 Å². The van der Waals surface area contributed by atoms with Crippen LogP contribution in [-0.2, 0) is 0 Å². The van der Waals surface area contributed by atoms with Gasteiger partial charge in [0.25, 0.3) is 0 Å². The molecule has 3 nitrogen and oxygen atoms in total. The molecule has 0 aliphatic carbocycles. The Bertz CT molecular complexity index is 452. The molecule has 1 aromatic carbocycles. The summed E-state index contributed by atoms with van der Waals surface area (Å²) in [5, 5.41) is 12.2. The molecule has 96 valence electrons. The van der Waals surface area contributed by atoms with E-state index in [4.69, 9.17) is 5.26 Å². The van der Waals surface area contributed by atoms with E-state index in [1.165, 1.54) is 6.07 Å². The third kappa shape index (κ3) is 3.19. The smallest absolute Gasteiger partial charge is 0.128 e. The number of nitrogens with one attached hydrogen (secondary N) is 1. The minimum Gasteiger partial charge on any atom is -0.314 e. The average Bonchev–Trinajstić information content (AvgIpc) is 2.40. The number of hydrogen-bond donors (Lipinski definition) is 1. The highest BCUT2D eigenvalue weighted by Crippen LogP contribution is 2.28. The van der Waals surface area contributed by atoms with Crippen molar-refractivity contribution in [1.82, 2.24) is 10.2 Å². The molecule has 0 amide bonds. The van der Waals surface area contributed by atoms with E-state index >= 15 is 0 Å². The van der Waals surface area contributed by atoms with Gasteiger partial charge >= 0.3 is 0 Å². The first-order valence-electron chi connectivity index (χ1n) is 5.99. The molecular formula is C13H15FIN3. The van der Waals surface area contributed by atoms with Gasteiger partial charge in [-0.15, -0.1) is 0 Å². The molecule has 0 spiro atoms. The minimum absolute atomic E-state index is 0.133. The van der Waals surface area contributed by atoms with E-state index in [0.717, 1.165) is 29.7 Å². The van der Waals surface area contributed by atoms with Gasteiger partial charge in [-0.05, 0) is 40.8 Å². The Balaban J connectivity index is 2.28. The Hall–Kier alpha value is -0.710. The molecule has 1 aliphatic rings. The molecule has 1 aliphatic heterocycles. The zero-order valence-electron chi connectivity index (χ0n) is 10.00. The lowest BCUT2D eigenvalue weighted by molar-refractivity contribution is 0.172. The van der Waals surface area contributed by atoms with Crippen LogP contribution in [0, 0.1) is 20.7 Å². The molecule has 0 aromatic heterocycles. The van der Waals surface area contributed by atoms with Crippen molar-refractivity contribution in [2.24, 2.45) is 0 Å². The number of halogens is 2. The Morgan fingerprint density at radius 3 is 2.83 bits per heavy atom. The van der Waals surface area contributed by atoms with Crippen molar-refractivity contribution >= 4 is 22.6 Å². The highest BCUT2D eigenvalue weighted by Gasteiger charge is 2.24. The number of nitrogens with zero attached hydrogens (tertiary/aromatic N) is 2. The molecule has 1 atom stereocenters. The second-order valence-electron chi connectivity index (χ2n) is 4.33. The molecule has 5 heteroatoms. The Morgan fingerprint density at radius 2 is 2.17 bits per heavy atom. The summed E-state index contributed by atoms with van der Waals surface area (Å²) in [5.41, 5.74) is 0.644. The Morgan fingerprint density at radius 1 is 1.44 bits per heavy atom. The minimum atomic E-state index is -0.214. The van der Waals surface area contributed by atoms with E-state index in [-0.39, 0.29) is 11.9 Å². The van der Waals surface area contributed by atoms with Crippen LogP contribution in [-0.4, -0.2) is 31.1 Å². The molecule has 18 heavy (non-hydrogen) atoms. The van der Waals surface area contributed by atoms with Crippen LogP contribution in [0.5, 0.6) is 0 Å². The zero-order chi connectivity index (χ0) is 13.0. The summed E-state index contributed by atoms with van der Waals surface area (Å²) in [5.74, 6) is -0.214. The molecule has 0 bridgehead atoms. The van der Waals surface area contributed by atoms with Crippen molar-refractivity contribution in [3.8, 4) is 6.07 Å². The SMILES string of the molecule is N#CC[C@H](c1cc(I)ccc1F)N1CCNCC1. The van der Waals surface area contributed by atoms with Crippen molar-refractivity contribution in [1.29, 1.82) is 5.26 Å². The third-order valence-corrected chi connectivity index (χ3v) is 3.87. The van der Waals surface area contributed by atoms with E-state index in [9.17, 15) is 4.39 Å². The molecule has 0 unspecified atom stereocenters. The predicted molar refractivity (Wildman–Crippen MR) is 76.5 cm³/mol. The zero-order valence-corrected chi connectivity index (χ0v) is 12.2. The highest BCUT2D eigenvalue weighted by atomic mass is 127. The summed E-state index contributed by atoms with van der Waals surface area (Å²) in [6.07, 6.45) is 0.330. The number of benzene rings is 1. The van der Waals surface area contributed by atoms with Gasteiger partial charge in [0, 0.05) is 35.3 Å². The third-order valence-electron chi connectivity index (χ3n) is 3.19. The van der Waals surface area contributed by atoms with E-state index in [1.54, 1.807) is 6.07 Å². The van der Waals surface area contributed by atoms with Gasteiger partial charge in [-0.25, -0.2) is 4.39 Å². The summed E-state index contributed by atoms with van der Waals surface area (Å²) in [7, 11) is 0. The lowest BCUT2D eigenvalue weighted by Gasteiger charge is -2.34. The lowest BCUT2D eigenvalue weighted by Crippen LogP contribution is -2.45. The summed E-state index contributed by atoms with van der Waals surface area (Å²) in [4.78, 5) is 2.19. The molecule has 2 rings (SSSR count). The second-order valence-corrected chi connectivity index (χ2v) is 5.58. The summed E-state index contributed by atoms with van der Waals surface area (Å²) < 4.78 is 14.9. The molecule has 1 aromatic rings. The fraction of sp³-hybridized carbons (Fsp3) is 0.462. The van der Waals surface area contributed by atoms with Crippen LogP contribution >= 0.6 is 22.6 Å². The first-order valence-corrected chi connectivity index (χ1v) is 7.07. The second kappa shape index (κ2) is 6.45. The van der Waals surface area contributed by atoms with Crippen LogP contribution in [0.15, 0.2) is 18.2 Å². The van der Waals surface area contributed by atoms with E-state index in [2.05, 4.69) is 38.9 Å². The number of nitriles is 1. The predicted octanol–water partition coefficient (Wildman–Crippen LogP) is 2.29. The van der Waals surface area contributed by atoms with Crippen LogP contribution < -0.4 is 5.32 Å². The lowest BCUT2D eigenvalue weighted by atomic mass is 10.0. The van der Waals surface area contributed by atoms with Crippen molar-refractivity contribution in [2.75, 3.05) is 26.2 Å². The first kappa shape index (κ1) is 13.7. The largest absolute Gasteiger partial charge is 0.314 e. The van der Waals surface area contributed by atoms with Crippen LogP contribution in [0.4, 0.5) is 4.39 Å². The normalized spacial score (nSPS) is 18.3. The van der Waals surface area contributed by atoms with Gasteiger partial charge in [0.15, 0.2) is 0 Å². The topological polar surface area (TPSA) is 39.1 Å². The number of rotatable bonds is 3. The monoisotopic (exact) mass is 359 g/mol. The molecule has 0 saturated carbocycles. The summed E-state index contributed by atoms with van der Waals surface area (Å²) >= 11 is 2.17. The first-order chi connectivity index (χ1) is 8.72. The molecule has 1 saturated heterocycles. The maximum atomic E-state index is 13.9. The van der Waals surface area contributed by atoms with E-state index in [0.29, 0.717) is 12.0 Å². The summed E-state index contributed by atoms with van der Waals surface area (Å²) in [6, 6.07) is 7.13. The van der Waals surface area contributed by atoms with Crippen LogP contribution in [0.1, 0.15) is 18.0 Å². The fourth-order valence-electron chi connectivity index (χ4n) is 2.29. The van der Waals surface area contributed by atoms with Crippen LogP contribution in [0.2, 0.25) is 0 Å². The molecule has 0 radical (unpaired) electrons. The van der Waals surface area contributed by atoms with Crippen LogP contribution in [0.3, 0.4) is 0 Å². The number of piperazine rings is 1. The van der Waals surface area contributed by atoms with Crippen molar-refractivity contribution in [3.63, 3.8) is 0 Å². The van der Waals surface area contributed by atoms with Crippen LogP contribution in [0.25, 0.3) is 0 Å². The van der Waals surface area contributed by atoms with Crippen molar-refractivity contribution in [2.45, 2.75) is 12.5 Å². The molecule has 1 fully saturated rings. The van der Waals surface area contributed by atoms with Gasteiger partial charge in [0.1, 0.15) is 5.82 Å². The maximum absolute atomic E-state index is 13.9. The van der Waals surface area contributed by atoms with E-state index in [1.807, 2.05) is 6.07 Å². The van der Waals surface area contributed by atoms with E-state index < -0.39 is 0 Å². The van der Waals surface area contributed by atoms with Gasteiger partial charge in [0.05, 0.1) is 18.5 Å². The standard InChI is InChI=1S/C13H15FIN3/c14-12-2-1-10(15)9-11(12)13(3-4-16)18-7-5-17-6-8-18/h1-2,9,13,17H,3,5-8H2/t13-/m1/s1. The average molecular weight is 359 g/mol. The fourth-order valence-corrected chi connectivity index (χ4v) is 2.80. The van der Waals surface area contributed by atoms with Crippen molar-refractivity contribution in [3.05, 3.63) is 33.1 Å². The Labute approximate surface area is 120 Å². The molecule has 1 N–H and O–H groups in total. The van der Waals surface area contributed by atoms with Gasteiger partial charge in [-0.3, -0.25) is 4.90 Å². The summed E-state index contributed by atoms with van der Waals surface area (Å²) in [6.45, 7) is 3.51. The maximum Gasteiger partial charge on any atom is 0.128 e. The van der Waals surface area contributed by atoms with Gasteiger partial charge < -0.3 is 5.32 Å². The number of hydrogen-bond acceptors (Lipinski definition) is 3. The van der Waals surface area contributed by atoms with Crippen molar-refractivity contribution < 1.29 is 4.39 Å². The Kier molecular flexibility index (Phi) is 4.92. The quantitative estimate of drug-likeness (QED) is 0.842.